The molecule has 1 aromatic carbocycles. The molecule has 0 aromatic heterocycles. The van der Waals surface area contributed by atoms with Crippen LogP contribution in [0.2, 0.25) is 0 Å². The Labute approximate surface area is 109 Å². The molecule has 0 saturated heterocycles. The van der Waals surface area contributed by atoms with Crippen LogP contribution in [0.1, 0.15) is 31.7 Å². The highest BCUT2D eigenvalue weighted by Gasteiger charge is 2.04. The van der Waals surface area contributed by atoms with E-state index in [-0.39, 0.29) is 12.6 Å². The average Bonchev–Trinajstić information content (AvgIpc) is 2.35. The second kappa shape index (κ2) is 7.75. The Morgan fingerprint density at radius 1 is 1.24 bits per heavy atom. The number of rotatable bonds is 7. The molecule has 0 bridgehead atoms. The van der Waals surface area contributed by atoms with Gasteiger partial charge in [0, 0.05) is 10.9 Å². The van der Waals surface area contributed by atoms with E-state index in [0.29, 0.717) is 5.92 Å². The zero-order valence-corrected chi connectivity index (χ0v) is 11.8. The normalized spacial score (nSPS) is 13.0. The van der Waals surface area contributed by atoms with Crippen LogP contribution < -0.4 is 5.32 Å². The van der Waals surface area contributed by atoms with E-state index in [2.05, 4.69) is 43.4 Å². The highest BCUT2D eigenvalue weighted by Crippen LogP contribution is 2.22. The van der Waals surface area contributed by atoms with Gasteiger partial charge in [0.15, 0.2) is 0 Å². The first-order valence-electron chi connectivity index (χ1n) is 6.18. The molecule has 0 saturated carbocycles. The fourth-order valence-corrected chi connectivity index (χ4v) is 2.56. The minimum Gasteiger partial charge on any atom is -0.395 e. The molecule has 1 aromatic rings. The van der Waals surface area contributed by atoms with E-state index < -0.39 is 0 Å². The molecule has 0 aliphatic rings. The van der Waals surface area contributed by atoms with Crippen molar-refractivity contribution < 1.29 is 5.11 Å². The fourth-order valence-electron chi connectivity index (χ4n) is 1.59. The van der Waals surface area contributed by atoms with Crippen LogP contribution in [0.4, 0.5) is 0 Å². The summed E-state index contributed by atoms with van der Waals surface area (Å²) in [5, 5.41) is 12.1. The number of nitrogens with one attached hydrogen (secondary N) is 1. The maximum atomic E-state index is 9.05. The molecule has 0 aliphatic heterocycles. The topological polar surface area (TPSA) is 32.3 Å². The summed E-state index contributed by atoms with van der Waals surface area (Å²) in [6.45, 7) is 4.63. The molecule has 2 nitrogen and oxygen atoms in total. The minimum absolute atomic E-state index is 0.212. The van der Waals surface area contributed by atoms with Crippen LogP contribution in [0.25, 0.3) is 0 Å². The second-order valence-corrected chi connectivity index (χ2v) is 5.70. The Kier molecular flexibility index (Phi) is 6.63. The Morgan fingerprint density at radius 3 is 2.35 bits per heavy atom. The average molecular weight is 253 g/mol. The van der Waals surface area contributed by atoms with E-state index in [1.807, 2.05) is 18.8 Å². The molecular formula is C14H23NOS. The Balaban J connectivity index is 2.37. The quantitative estimate of drug-likeness (QED) is 0.733. The summed E-state index contributed by atoms with van der Waals surface area (Å²) in [7, 11) is 1.89. The van der Waals surface area contributed by atoms with Gasteiger partial charge in [0.25, 0.3) is 0 Å². The molecule has 1 unspecified atom stereocenters. The van der Waals surface area contributed by atoms with E-state index in [4.69, 9.17) is 5.11 Å². The first-order valence-corrected chi connectivity index (χ1v) is 7.16. The molecule has 1 atom stereocenters. The first kappa shape index (κ1) is 14.6. The summed E-state index contributed by atoms with van der Waals surface area (Å²) in [5.41, 5.74) is 1.39. The number of aliphatic hydroxyl groups is 1. The lowest BCUT2D eigenvalue weighted by molar-refractivity contribution is 0.246. The van der Waals surface area contributed by atoms with Crippen LogP contribution in [0, 0.1) is 0 Å². The standard InChI is InChI=1S/C14H23NOS/c1-11(2)12-4-6-14(7-5-12)17-9-8-13(10-16)15-3/h4-7,11,13,15-16H,8-10H2,1-3H3. The molecular weight excluding hydrogens is 230 g/mol. The van der Waals surface area contributed by atoms with Gasteiger partial charge in [0.1, 0.15) is 0 Å². The van der Waals surface area contributed by atoms with Crippen LogP contribution in [0.3, 0.4) is 0 Å². The van der Waals surface area contributed by atoms with Gasteiger partial charge < -0.3 is 10.4 Å². The largest absolute Gasteiger partial charge is 0.395 e. The van der Waals surface area contributed by atoms with Crippen LogP contribution in [0.5, 0.6) is 0 Å². The zero-order chi connectivity index (χ0) is 12.7. The highest BCUT2D eigenvalue weighted by molar-refractivity contribution is 7.99. The molecule has 0 radical (unpaired) electrons. The number of hydrogen-bond donors (Lipinski definition) is 2. The van der Waals surface area contributed by atoms with E-state index in [0.717, 1.165) is 12.2 Å². The number of aliphatic hydroxyl groups excluding tert-OH is 1. The maximum absolute atomic E-state index is 9.05. The molecule has 0 fully saturated rings. The van der Waals surface area contributed by atoms with E-state index in [9.17, 15) is 0 Å². The summed E-state index contributed by atoms with van der Waals surface area (Å²) < 4.78 is 0. The van der Waals surface area contributed by atoms with Crippen molar-refractivity contribution in [1.82, 2.24) is 5.32 Å². The molecule has 2 N–H and O–H groups in total. The van der Waals surface area contributed by atoms with Crippen molar-refractivity contribution in [2.24, 2.45) is 0 Å². The summed E-state index contributed by atoms with van der Waals surface area (Å²) in [6, 6.07) is 9.00. The van der Waals surface area contributed by atoms with E-state index >= 15 is 0 Å². The summed E-state index contributed by atoms with van der Waals surface area (Å²) in [5.74, 6) is 1.63. The fraction of sp³-hybridized carbons (Fsp3) is 0.571. The summed E-state index contributed by atoms with van der Waals surface area (Å²) in [6.07, 6.45) is 0.990. The molecule has 0 aliphatic carbocycles. The van der Waals surface area contributed by atoms with Gasteiger partial charge in [0.05, 0.1) is 6.61 Å². The van der Waals surface area contributed by atoms with Crippen molar-refractivity contribution in [2.45, 2.75) is 37.1 Å². The molecule has 0 spiro atoms. The number of likely N-dealkylation sites (N-methyl/N-ethyl adjacent to an activating group) is 1. The Bertz CT molecular complexity index is 307. The number of thioether (sulfide) groups is 1. The lowest BCUT2D eigenvalue weighted by Gasteiger charge is -2.12. The van der Waals surface area contributed by atoms with Gasteiger partial charge in [-0.3, -0.25) is 0 Å². The van der Waals surface area contributed by atoms with Crippen molar-refractivity contribution in [1.29, 1.82) is 0 Å². The Morgan fingerprint density at radius 2 is 1.88 bits per heavy atom. The van der Waals surface area contributed by atoms with Crippen LogP contribution in [-0.2, 0) is 0 Å². The second-order valence-electron chi connectivity index (χ2n) is 4.53. The Hall–Kier alpha value is -0.510. The molecule has 0 amide bonds. The lowest BCUT2D eigenvalue weighted by atomic mass is 10.0. The molecule has 96 valence electrons. The highest BCUT2D eigenvalue weighted by atomic mass is 32.2. The smallest absolute Gasteiger partial charge is 0.0584 e. The predicted octanol–water partition coefficient (Wildman–Crippen LogP) is 2.87. The molecule has 3 heteroatoms. The van der Waals surface area contributed by atoms with E-state index in [1.54, 1.807) is 0 Å². The monoisotopic (exact) mass is 253 g/mol. The molecule has 17 heavy (non-hydrogen) atoms. The van der Waals surface area contributed by atoms with Gasteiger partial charge in [-0.25, -0.2) is 0 Å². The maximum Gasteiger partial charge on any atom is 0.0584 e. The van der Waals surface area contributed by atoms with Crippen LogP contribution in [-0.4, -0.2) is 30.6 Å². The van der Waals surface area contributed by atoms with Crippen molar-refractivity contribution in [3.63, 3.8) is 0 Å². The third-order valence-corrected chi connectivity index (χ3v) is 3.96. The van der Waals surface area contributed by atoms with Gasteiger partial charge in [-0.05, 0) is 42.8 Å². The van der Waals surface area contributed by atoms with Gasteiger partial charge >= 0.3 is 0 Å². The summed E-state index contributed by atoms with van der Waals surface area (Å²) in [4.78, 5) is 1.31. The number of benzene rings is 1. The van der Waals surface area contributed by atoms with Gasteiger partial charge in [-0.1, -0.05) is 26.0 Å². The zero-order valence-electron chi connectivity index (χ0n) is 10.9. The van der Waals surface area contributed by atoms with Crippen LogP contribution >= 0.6 is 11.8 Å². The van der Waals surface area contributed by atoms with Crippen molar-refractivity contribution in [3.05, 3.63) is 29.8 Å². The number of hydrogen-bond acceptors (Lipinski definition) is 3. The van der Waals surface area contributed by atoms with Crippen molar-refractivity contribution >= 4 is 11.8 Å². The van der Waals surface area contributed by atoms with Gasteiger partial charge in [-0.15, -0.1) is 11.8 Å². The van der Waals surface area contributed by atoms with Crippen molar-refractivity contribution in [3.8, 4) is 0 Å². The predicted molar refractivity (Wildman–Crippen MR) is 75.8 cm³/mol. The third-order valence-electron chi connectivity index (χ3n) is 2.91. The van der Waals surface area contributed by atoms with Crippen LogP contribution in [0.15, 0.2) is 29.2 Å². The third kappa shape index (κ3) is 5.11. The SMILES string of the molecule is CNC(CO)CCSc1ccc(C(C)C)cc1. The lowest BCUT2D eigenvalue weighted by Crippen LogP contribution is -2.29. The van der Waals surface area contributed by atoms with E-state index in [1.165, 1.54) is 10.5 Å². The molecule has 1 rings (SSSR count). The first-order chi connectivity index (χ1) is 8.17. The molecule has 0 heterocycles. The van der Waals surface area contributed by atoms with Gasteiger partial charge in [0.2, 0.25) is 0 Å². The minimum atomic E-state index is 0.212. The summed E-state index contributed by atoms with van der Waals surface area (Å²) >= 11 is 1.85. The van der Waals surface area contributed by atoms with Crippen molar-refractivity contribution in [2.75, 3.05) is 19.4 Å². The van der Waals surface area contributed by atoms with Gasteiger partial charge in [-0.2, -0.15) is 0 Å².